The van der Waals surface area contributed by atoms with Crippen molar-refractivity contribution in [2.45, 2.75) is 13.2 Å². The van der Waals surface area contributed by atoms with E-state index in [2.05, 4.69) is 4.98 Å². The van der Waals surface area contributed by atoms with Gasteiger partial charge < -0.3 is 10.5 Å². The average Bonchev–Trinajstić information content (AvgIpc) is 2.53. The fourth-order valence-electron chi connectivity index (χ4n) is 2.16. The molecule has 0 saturated carbocycles. The molecule has 0 bridgehead atoms. The Morgan fingerprint density at radius 1 is 1.05 bits per heavy atom. The first-order chi connectivity index (χ1) is 10.3. The van der Waals surface area contributed by atoms with E-state index >= 15 is 0 Å². The molecular weight excluding hydrogens is 284 g/mol. The van der Waals surface area contributed by atoms with Gasteiger partial charge in [0.1, 0.15) is 12.4 Å². The molecular formula is C17H15ClN2O. The second kappa shape index (κ2) is 6.12. The molecule has 0 spiro atoms. The predicted molar refractivity (Wildman–Crippen MR) is 85.4 cm³/mol. The topological polar surface area (TPSA) is 48.1 Å². The molecule has 3 nitrogen and oxygen atoms in total. The molecule has 0 atom stereocenters. The molecule has 3 rings (SSSR count). The van der Waals surface area contributed by atoms with E-state index in [0.717, 1.165) is 32.9 Å². The minimum atomic E-state index is 0.391. The smallest absolute Gasteiger partial charge is 0.131 e. The van der Waals surface area contributed by atoms with Gasteiger partial charge in [0.2, 0.25) is 0 Å². The van der Waals surface area contributed by atoms with Crippen LogP contribution in [0, 0.1) is 0 Å². The first-order valence-corrected chi connectivity index (χ1v) is 7.10. The highest BCUT2D eigenvalue weighted by atomic mass is 35.5. The third-order valence-corrected chi connectivity index (χ3v) is 3.50. The maximum atomic E-state index is 5.95. The molecule has 0 fully saturated rings. The first-order valence-electron chi connectivity index (χ1n) is 6.72. The highest BCUT2D eigenvalue weighted by Gasteiger charge is 2.06. The van der Waals surface area contributed by atoms with Crippen molar-refractivity contribution < 1.29 is 4.74 Å². The SMILES string of the molecule is NCc1cc(OCc2ccc(Cl)cc2)c2ccccc2n1. The summed E-state index contributed by atoms with van der Waals surface area (Å²) >= 11 is 5.88. The Morgan fingerprint density at radius 2 is 1.81 bits per heavy atom. The van der Waals surface area contributed by atoms with E-state index in [4.69, 9.17) is 22.1 Å². The van der Waals surface area contributed by atoms with E-state index in [-0.39, 0.29) is 0 Å². The molecule has 21 heavy (non-hydrogen) atoms. The van der Waals surface area contributed by atoms with Crippen LogP contribution in [-0.2, 0) is 13.2 Å². The summed E-state index contributed by atoms with van der Waals surface area (Å²) < 4.78 is 5.95. The number of nitrogens with two attached hydrogens (primary N) is 1. The van der Waals surface area contributed by atoms with E-state index < -0.39 is 0 Å². The van der Waals surface area contributed by atoms with E-state index in [9.17, 15) is 0 Å². The Morgan fingerprint density at radius 3 is 2.57 bits per heavy atom. The molecule has 2 aromatic carbocycles. The molecule has 2 N–H and O–H groups in total. The lowest BCUT2D eigenvalue weighted by molar-refractivity contribution is 0.309. The van der Waals surface area contributed by atoms with Crippen LogP contribution in [0.1, 0.15) is 11.3 Å². The number of rotatable bonds is 4. The van der Waals surface area contributed by atoms with E-state index in [0.29, 0.717) is 13.2 Å². The summed E-state index contributed by atoms with van der Waals surface area (Å²) in [7, 11) is 0. The zero-order valence-corrected chi connectivity index (χ0v) is 12.2. The summed E-state index contributed by atoms with van der Waals surface area (Å²) in [6.07, 6.45) is 0. The van der Waals surface area contributed by atoms with Crippen molar-refractivity contribution in [1.29, 1.82) is 0 Å². The van der Waals surface area contributed by atoms with Gasteiger partial charge in [0.05, 0.1) is 11.2 Å². The van der Waals surface area contributed by atoms with Crippen molar-refractivity contribution >= 4 is 22.5 Å². The van der Waals surface area contributed by atoms with E-state index in [1.54, 1.807) is 0 Å². The summed E-state index contributed by atoms with van der Waals surface area (Å²) in [5.41, 5.74) is 8.48. The van der Waals surface area contributed by atoms with Crippen LogP contribution in [0.15, 0.2) is 54.6 Å². The van der Waals surface area contributed by atoms with Crippen molar-refractivity contribution in [3.05, 3.63) is 70.9 Å². The second-order valence-electron chi connectivity index (χ2n) is 4.75. The van der Waals surface area contributed by atoms with Gasteiger partial charge in [-0.05, 0) is 29.8 Å². The first kappa shape index (κ1) is 13.9. The Labute approximate surface area is 128 Å². The molecule has 1 aromatic heterocycles. The molecule has 0 radical (unpaired) electrons. The number of ether oxygens (including phenoxy) is 1. The van der Waals surface area contributed by atoms with Crippen molar-refractivity contribution in [3.8, 4) is 5.75 Å². The number of para-hydroxylation sites is 1. The summed E-state index contributed by atoms with van der Waals surface area (Å²) in [4.78, 5) is 4.50. The zero-order chi connectivity index (χ0) is 14.7. The van der Waals surface area contributed by atoms with Gasteiger partial charge in [-0.3, -0.25) is 4.98 Å². The lowest BCUT2D eigenvalue weighted by Crippen LogP contribution is -2.02. The van der Waals surface area contributed by atoms with Gasteiger partial charge in [-0.2, -0.15) is 0 Å². The number of benzene rings is 2. The Kier molecular flexibility index (Phi) is 4.04. The summed E-state index contributed by atoms with van der Waals surface area (Å²) in [5.74, 6) is 0.802. The Hall–Kier alpha value is -2.10. The fourth-order valence-corrected chi connectivity index (χ4v) is 2.29. The average molecular weight is 299 g/mol. The summed E-state index contributed by atoms with van der Waals surface area (Å²) in [6.45, 7) is 0.872. The van der Waals surface area contributed by atoms with Crippen LogP contribution in [0.3, 0.4) is 0 Å². The predicted octanol–water partition coefficient (Wildman–Crippen LogP) is 3.93. The zero-order valence-electron chi connectivity index (χ0n) is 11.4. The van der Waals surface area contributed by atoms with Gasteiger partial charge in [0.25, 0.3) is 0 Å². The van der Waals surface area contributed by atoms with Gasteiger partial charge in [-0.25, -0.2) is 0 Å². The van der Waals surface area contributed by atoms with Crippen LogP contribution < -0.4 is 10.5 Å². The van der Waals surface area contributed by atoms with Crippen LogP contribution in [0.2, 0.25) is 5.02 Å². The van der Waals surface area contributed by atoms with Crippen molar-refractivity contribution in [3.63, 3.8) is 0 Å². The number of halogens is 1. The Balaban J connectivity index is 1.90. The number of aromatic nitrogens is 1. The van der Waals surface area contributed by atoms with Gasteiger partial charge in [0, 0.05) is 23.0 Å². The molecule has 0 aliphatic heterocycles. The monoisotopic (exact) mass is 298 g/mol. The van der Waals surface area contributed by atoms with Crippen molar-refractivity contribution in [1.82, 2.24) is 4.98 Å². The molecule has 4 heteroatoms. The van der Waals surface area contributed by atoms with Crippen molar-refractivity contribution in [2.24, 2.45) is 5.73 Å². The van der Waals surface area contributed by atoms with Crippen LogP contribution >= 0.6 is 11.6 Å². The third-order valence-electron chi connectivity index (χ3n) is 3.25. The molecule has 3 aromatic rings. The van der Waals surface area contributed by atoms with E-state index in [1.165, 1.54) is 0 Å². The lowest BCUT2D eigenvalue weighted by atomic mass is 10.1. The fraction of sp³-hybridized carbons (Fsp3) is 0.118. The third kappa shape index (κ3) is 3.15. The Bertz CT molecular complexity index is 756. The summed E-state index contributed by atoms with van der Waals surface area (Å²) in [5, 5.41) is 1.71. The highest BCUT2D eigenvalue weighted by molar-refractivity contribution is 6.30. The van der Waals surface area contributed by atoms with Crippen LogP contribution in [0.25, 0.3) is 10.9 Å². The largest absolute Gasteiger partial charge is 0.488 e. The molecule has 0 unspecified atom stereocenters. The standard InChI is InChI=1S/C17H15ClN2O/c18-13-7-5-12(6-8-13)11-21-17-9-14(10-19)20-16-4-2-1-3-15(16)17/h1-9H,10-11,19H2. The normalized spacial score (nSPS) is 10.8. The molecule has 0 saturated heterocycles. The summed E-state index contributed by atoms with van der Waals surface area (Å²) in [6, 6.07) is 17.4. The van der Waals surface area contributed by atoms with Gasteiger partial charge in [-0.1, -0.05) is 35.9 Å². The number of hydrogen-bond acceptors (Lipinski definition) is 3. The van der Waals surface area contributed by atoms with Crippen molar-refractivity contribution in [2.75, 3.05) is 0 Å². The molecule has 0 aliphatic carbocycles. The van der Waals surface area contributed by atoms with Gasteiger partial charge >= 0.3 is 0 Å². The second-order valence-corrected chi connectivity index (χ2v) is 5.18. The van der Waals surface area contributed by atoms with E-state index in [1.807, 2.05) is 54.6 Å². The van der Waals surface area contributed by atoms with Gasteiger partial charge in [-0.15, -0.1) is 0 Å². The number of fused-ring (bicyclic) bond motifs is 1. The van der Waals surface area contributed by atoms with Gasteiger partial charge in [0.15, 0.2) is 0 Å². The molecule has 106 valence electrons. The molecule has 1 heterocycles. The van der Waals surface area contributed by atoms with Crippen LogP contribution in [0.4, 0.5) is 0 Å². The highest BCUT2D eigenvalue weighted by Crippen LogP contribution is 2.26. The molecule has 0 aliphatic rings. The molecule has 0 amide bonds. The maximum Gasteiger partial charge on any atom is 0.131 e. The number of pyridine rings is 1. The quantitative estimate of drug-likeness (QED) is 0.794. The van der Waals surface area contributed by atoms with Crippen LogP contribution in [-0.4, -0.2) is 4.98 Å². The minimum Gasteiger partial charge on any atom is -0.488 e. The number of nitrogens with zero attached hydrogens (tertiary/aromatic N) is 1. The lowest BCUT2D eigenvalue weighted by Gasteiger charge is -2.11. The van der Waals surface area contributed by atoms with Crippen LogP contribution in [0.5, 0.6) is 5.75 Å². The maximum absolute atomic E-state index is 5.95. The number of hydrogen-bond donors (Lipinski definition) is 1. The minimum absolute atomic E-state index is 0.391.